The molecule has 3 rings (SSSR count). The molecule has 1 atom stereocenters. The number of aromatic nitrogens is 1. The van der Waals surface area contributed by atoms with Gasteiger partial charge in [-0.2, -0.15) is 0 Å². The summed E-state index contributed by atoms with van der Waals surface area (Å²) in [6, 6.07) is 10.8. The van der Waals surface area contributed by atoms with Gasteiger partial charge in [-0.15, -0.1) is 0 Å². The molecule has 1 N–H and O–H groups in total. The zero-order valence-electron chi connectivity index (χ0n) is 12.2. The van der Waals surface area contributed by atoms with Crippen molar-refractivity contribution in [1.29, 1.82) is 0 Å². The fourth-order valence-corrected chi connectivity index (χ4v) is 2.66. The van der Waals surface area contributed by atoms with Gasteiger partial charge in [0.15, 0.2) is 0 Å². The standard InChI is InChI=1S/C17H21FN2O/c1-19-10-2-3-16(19)11-20(15-8-9-15)12-17(21)13-4-6-14(18)7-5-13/h2-7,10,15,17,21H,8-9,11-12H2,1H3. The van der Waals surface area contributed by atoms with Gasteiger partial charge in [-0.3, -0.25) is 4.90 Å². The molecule has 21 heavy (non-hydrogen) atoms. The van der Waals surface area contributed by atoms with Gasteiger partial charge in [0.05, 0.1) is 6.10 Å². The van der Waals surface area contributed by atoms with E-state index in [0.717, 1.165) is 12.1 Å². The first-order valence-electron chi connectivity index (χ1n) is 7.41. The van der Waals surface area contributed by atoms with E-state index in [2.05, 4.69) is 15.5 Å². The van der Waals surface area contributed by atoms with Crippen LogP contribution in [0.5, 0.6) is 0 Å². The minimum Gasteiger partial charge on any atom is -0.387 e. The minimum atomic E-state index is -0.577. The number of nitrogens with zero attached hydrogens (tertiary/aromatic N) is 2. The molecule has 4 heteroatoms. The largest absolute Gasteiger partial charge is 0.387 e. The van der Waals surface area contributed by atoms with Gasteiger partial charge in [-0.1, -0.05) is 12.1 Å². The zero-order valence-corrected chi connectivity index (χ0v) is 12.2. The number of hydrogen-bond acceptors (Lipinski definition) is 2. The summed E-state index contributed by atoms with van der Waals surface area (Å²) in [5, 5.41) is 10.4. The van der Waals surface area contributed by atoms with Crippen molar-refractivity contribution in [3.05, 3.63) is 59.7 Å². The van der Waals surface area contributed by atoms with E-state index in [4.69, 9.17) is 0 Å². The maximum atomic E-state index is 13.0. The van der Waals surface area contributed by atoms with Crippen LogP contribution in [0.1, 0.15) is 30.2 Å². The van der Waals surface area contributed by atoms with Gasteiger partial charge in [0.25, 0.3) is 0 Å². The molecule has 1 aromatic carbocycles. The average molecular weight is 288 g/mol. The maximum absolute atomic E-state index is 13.0. The van der Waals surface area contributed by atoms with E-state index in [-0.39, 0.29) is 5.82 Å². The SMILES string of the molecule is Cn1cccc1CN(CC(O)c1ccc(F)cc1)C1CC1. The van der Waals surface area contributed by atoms with Gasteiger partial charge in [-0.05, 0) is 42.7 Å². The number of aliphatic hydroxyl groups is 1. The van der Waals surface area contributed by atoms with Crippen LogP contribution in [0.25, 0.3) is 0 Å². The normalized spacial score (nSPS) is 16.4. The Kier molecular flexibility index (Phi) is 4.08. The number of aliphatic hydroxyl groups excluding tert-OH is 1. The second-order valence-electron chi connectivity index (χ2n) is 5.84. The Hall–Kier alpha value is -1.65. The molecule has 3 nitrogen and oxygen atoms in total. The number of benzene rings is 1. The summed E-state index contributed by atoms with van der Waals surface area (Å²) in [5.74, 6) is -0.270. The van der Waals surface area contributed by atoms with E-state index >= 15 is 0 Å². The van der Waals surface area contributed by atoms with Crippen LogP contribution in [0.2, 0.25) is 0 Å². The Morgan fingerprint density at radius 3 is 2.57 bits per heavy atom. The molecule has 0 radical (unpaired) electrons. The molecule has 1 unspecified atom stereocenters. The van der Waals surface area contributed by atoms with Crippen LogP contribution in [-0.4, -0.2) is 27.2 Å². The summed E-state index contributed by atoms with van der Waals surface area (Å²) in [5.41, 5.74) is 2.02. The van der Waals surface area contributed by atoms with E-state index in [1.54, 1.807) is 12.1 Å². The first-order valence-corrected chi connectivity index (χ1v) is 7.41. The highest BCUT2D eigenvalue weighted by Crippen LogP contribution is 2.30. The molecular weight excluding hydrogens is 267 g/mol. The van der Waals surface area contributed by atoms with Crippen LogP contribution in [0.4, 0.5) is 4.39 Å². The summed E-state index contributed by atoms with van der Waals surface area (Å²) in [7, 11) is 2.04. The van der Waals surface area contributed by atoms with Gasteiger partial charge in [0.2, 0.25) is 0 Å². The molecule has 0 spiro atoms. The van der Waals surface area contributed by atoms with Gasteiger partial charge < -0.3 is 9.67 Å². The van der Waals surface area contributed by atoms with Crippen molar-refractivity contribution in [2.75, 3.05) is 6.54 Å². The van der Waals surface area contributed by atoms with Gasteiger partial charge in [-0.25, -0.2) is 4.39 Å². The summed E-state index contributed by atoms with van der Waals surface area (Å²) < 4.78 is 15.1. The van der Waals surface area contributed by atoms with Crippen LogP contribution in [0, 0.1) is 5.82 Å². The highest BCUT2D eigenvalue weighted by atomic mass is 19.1. The number of halogens is 1. The van der Waals surface area contributed by atoms with Crippen LogP contribution < -0.4 is 0 Å². The molecule has 1 fully saturated rings. The molecule has 112 valence electrons. The lowest BCUT2D eigenvalue weighted by Gasteiger charge is -2.25. The Bertz CT molecular complexity index is 589. The van der Waals surface area contributed by atoms with Crippen molar-refractivity contribution < 1.29 is 9.50 Å². The molecule has 0 amide bonds. The van der Waals surface area contributed by atoms with Crippen LogP contribution >= 0.6 is 0 Å². The molecule has 1 aliphatic rings. The lowest BCUT2D eigenvalue weighted by molar-refractivity contribution is 0.103. The lowest BCUT2D eigenvalue weighted by atomic mass is 10.1. The van der Waals surface area contributed by atoms with E-state index < -0.39 is 6.10 Å². The monoisotopic (exact) mass is 288 g/mol. The summed E-state index contributed by atoms with van der Waals surface area (Å²) >= 11 is 0. The fraction of sp³-hybridized carbons (Fsp3) is 0.412. The zero-order chi connectivity index (χ0) is 14.8. The summed E-state index contributed by atoms with van der Waals surface area (Å²) in [4.78, 5) is 2.32. The predicted octanol–water partition coefficient (Wildman–Crippen LogP) is 2.86. The molecule has 1 heterocycles. The van der Waals surface area contributed by atoms with Crippen LogP contribution in [-0.2, 0) is 13.6 Å². The molecular formula is C17H21FN2O. The van der Waals surface area contributed by atoms with Crippen molar-refractivity contribution in [2.45, 2.75) is 31.5 Å². The van der Waals surface area contributed by atoms with E-state index in [0.29, 0.717) is 12.6 Å². The van der Waals surface area contributed by atoms with Crippen molar-refractivity contribution >= 4 is 0 Å². The number of aryl methyl sites for hydroxylation is 1. The first kappa shape index (κ1) is 14.3. The van der Waals surface area contributed by atoms with Gasteiger partial charge >= 0.3 is 0 Å². The van der Waals surface area contributed by atoms with E-state index in [1.165, 1.54) is 30.7 Å². The number of rotatable bonds is 6. The maximum Gasteiger partial charge on any atom is 0.123 e. The molecule has 2 aromatic rings. The van der Waals surface area contributed by atoms with Crippen molar-refractivity contribution in [3.63, 3.8) is 0 Å². The quantitative estimate of drug-likeness (QED) is 0.885. The molecule has 1 saturated carbocycles. The van der Waals surface area contributed by atoms with Crippen LogP contribution in [0.3, 0.4) is 0 Å². The molecule has 0 bridgehead atoms. The van der Waals surface area contributed by atoms with Gasteiger partial charge in [0.1, 0.15) is 5.82 Å². The van der Waals surface area contributed by atoms with Crippen LogP contribution in [0.15, 0.2) is 42.6 Å². The average Bonchev–Trinajstić information content (AvgIpc) is 3.24. The van der Waals surface area contributed by atoms with E-state index in [1.807, 2.05) is 19.3 Å². The minimum absolute atomic E-state index is 0.270. The Balaban J connectivity index is 1.67. The van der Waals surface area contributed by atoms with E-state index in [9.17, 15) is 9.50 Å². The van der Waals surface area contributed by atoms with Gasteiger partial charge in [0, 0.05) is 38.1 Å². The predicted molar refractivity (Wildman–Crippen MR) is 80.2 cm³/mol. The third kappa shape index (κ3) is 3.52. The molecule has 0 saturated heterocycles. The smallest absolute Gasteiger partial charge is 0.123 e. The first-order chi connectivity index (χ1) is 10.1. The molecule has 1 aromatic heterocycles. The Morgan fingerprint density at radius 2 is 2.00 bits per heavy atom. The topological polar surface area (TPSA) is 28.4 Å². The lowest BCUT2D eigenvalue weighted by Crippen LogP contribution is -2.31. The molecule has 0 aliphatic heterocycles. The highest BCUT2D eigenvalue weighted by molar-refractivity contribution is 5.19. The van der Waals surface area contributed by atoms with Crippen molar-refractivity contribution in [1.82, 2.24) is 9.47 Å². The van der Waals surface area contributed by atoms with Crippen molar-refractivity contribution in [3.8, 4) is 0 Å². The second-order valence-corrected chi connectivity index (χ2v) is 5.84. The molecule has 1 aliphatic carbocycles. The van der Waals surface area contributed by atoms with Crippen molar-refractivity contribution in [2.24, 2.45) is 7.05 Å². The summed E-state index contributed by atoms with van der Waals surface area (Å²) in [6.07, 6.45) is 3.85. The third-order valence-electron chi connectivity index (χ3n) is 4.14. The Labute approximate surface area is 124 Å². The highest BCUT2D eigenvalue weighted by Gasteiger charge is 2.30. The third-order valence-corrected chi connectivity index (χ3v) is 4.14. The Morgan fingerprint density at radius 1 is 1.29 bits per heavy atom. The number of hydrogen-bond donors (Lipinski definition) is 1. The fourth-order valence-electron chi connectivity index (χ4n) is 2.66. The second kappa shape index (κ2) is 6.00. The summed E-state index contributed by atoms with van der Waals surface area (Å²) in [6.45, 7) is 1.42.